The summed E-state index contributed by atoms with van der Waals surface area (Å²) in [5.74, 6) is 1.11. The maximum absolute atomic E-state index is 11.8. The van der Waals surface area contributed by atoms with E-state index in [1.807, 2.05) is 42.5 Å². The van der Waals surface area contributed by atoms with Gasteiger partial charge >= 0.3 is 5.97 Å². The van der Waals surface area contributed by atoms with Crippen LogP contribution in [0.2, 0.25) is 0 Å². The minimum atomic E-state index is -0.315. The van der Waals surface area contributed by atoms with E-state index in [0.29, 0.717) is 23.1 Å². The van der Waals surface area contributed by atoms with Crippen LogP contribution in [-0.2, 0) is 4.74 Å². The topological polar surface area (TPSA) is 73.3 Å². The van der Waals surface area contributed by atoms with Crippen molar-refractivity contribution in [3.05, 3.63) is 60.2 Å². The first kappa shape index (κ1) is 18.2. The van der Waals surface area contributed by atoms with Gasteiger partial charge in [0.05, 0.1) is 12.7 Å². The quantitative estimate of drug-likeness (QED) is 0.352. The highest BCUT2D eigenvalue weighted by molar-refractivity contribution is 8.01. The van der Waals surface area contributed by atoms with E-state index in [9.17, 15) is 4.79 Å². The number of esters is 1. The molecule has 0 unspecified atom stereocenters. The Balaban J connectivity index is 1.42. The summed E-state index contributed by atoms with van der Waals surface area (Å²) in [6.07, 6.45) is 0. The maximum atomic E-state index is 11.8. The number of carbonyl (C=O) groups is 1. The van der Waals surface area contributed by atoms with E-state index >= 15 is 0 Å². The molecule has 0 saturated heterocycles. The Bertz CT molecular complexity index is 838. The molecule has 0 aliphatic heterocycles. The van der Waals surface area contributed by atoms with Gasteiger partial charge in [-0.15, -0.1) is 10.2 Å². The van der Waals surface area contributed by atoms with E-state index in [1.165, 1.54) is 23.1 Å². The summed E-state index contributed by atoms with van der Waals surface area (Å²) in [5.41, 5.74) is 1.47. The number of benzene rings is 2. The smallest absolute Gasteiger partial charge is 0.338 e. The summed E-state index contributed by atoms with van der Waals surface area (Å²) < 4.78 is 11.2. The number of hydrogen-bond acceptors (Lipinski definition) is 8. The molecule has 1 aromatic heterocycles. The van der Waals surface area contributed by atoms with Crippen molar-refractivity contribution in [2.45, 2.75) is 4.34 Å². The Kier molecular flexibility index (Phi) is 6.45. The molecule has 0 spiro atoms. The molecule has 8 heteroatoms. The summed E-state index contributed by atoms with van der Waals surface area (Å²) in [6.45, 7) is 0.319. The molecule has 2 aromatic carbocycles. The highest BCUT2D eigenvalue weighted by atomic mass is 32.2. The Labute approximate surface area is 159 Å². The summed E-state index contributed by atoms with van der Waals surface area (Å²) in [6, 6.07) is 16.5. The highest BCUT2D eigenvalue weighted by Crippen LogP contribution is 2.28. The molecular weight excluding hydrogens is 370 g/mol. The van der Waals surface area contributed by atoms with Gasteiger partial charge in [0.15, 0.2) is 4.34 Å². The van der Waals surface area contributed by atoms with E-state index in [0.717, 1.165) is 15.8 Å². The van der Waals surface area contributed by atoms with Gasteiger partial charge in [0.2, 0.25) is 5.13 Å². The van der Waals surface area contributed by atoms with E-state index < -0.39 is 0 Å². The summed E-state index contributed by atoms with van der Waals surface area (Å²) in [5, 5.41) is 12.1. The molecule has 3 aromatic rings. The van der Waals surface area contributed by atoms with E-state index in [-0.39, 0.29) is 5.97 Å². The molecule has 0 fully saturated rings. The monoisotopic (exact) mass is 387 g/mol. The molecule has 0 saturated carbocycles. The normalized spacial score (nSPS) is 10.3. The van der Waals surface area contributed by atoms with E-state index in [4.69, 9.17) is 9.47 Å². The first-order valence-electron chi connectivity index (χ1n) is 7.84. The Morgan fingerprint density at radius 1 is 1.12 bits per heavy atom. The standard InChI is InChI=1S/C18H17N3O3S2/c1-23-15-9-7-14(8-10-15)19-17-20-21-18(26-17)25-12-11-24-16(22)13-5-3-2-4-6-13/h2-10H,11-12H2,1H3,(H,19,20). The third-order valence-electron chi connectivity index (χ3n) is 3.30. The van der Waals surface area contributed by atoms with Crippen molar-refractivity contribution < 1.29 is 14.3 Å². The van der Waals surface area contributed by atoms with Gasteiger partial charge in [-0.2, -0.15) is 0 Å². The second-order valence-electron chi connectivity index (χ2n) is 5.08. The number of rotatable bonds is 8. The lowest BCUT2D eigenvalue weighted by Gasteiger charge is -2.03. The lowest BCUT2D eigenvalue weighted by atomic mass is 10.2. The number of ether oxygens (including phenoxy) is 2. The van der Waals surface area contributed by atoms with Crippen LogP contribution in [0, 0.1) is 0 Å². The zero-order valence-electron chi connectivity index (χ0n) is 14.0. The van der Waals surface area contributed by atoms with Crippen LogP contribution in [0.4, 0.5) is 10.8 Å². The zero-order chi connectivity index (χ0) is 18.2. The average Bonchev–Trinajstić information content (AvgIpc) is 3.13. The molecule has 1 heterocycles. The molecule has 26 heavy (non-hydrogen) atoms. The molecule has 3 rings (SSSR count). The van der Waals surface area contributed by atoms with Crippen LogP contribution in [0.5, 0.6) is 5.75 Å². The summed E-state index contributed by atoms with van der Waals surface area (Å²) in [4.78, 5) is 11.8. The molecule has 6 nitrogen and oxygen atoms in total. The fourth-order valence-electron chi connectivity index (χ4n) is 2.04. The number of aromatic nitrogens is 2. The van der Waals surface area contributed by atoms with Crippen LogP contribution >= 0.6 is 23.1 Å². The van der Waals surface area contributed by atoms with Crippen molar-refractivity contribution in [2.24, 2.45) is 0 Å². The van der Waals surface area contributed by atoms with E-state index in [2.05, 4.69) is 15.5 Å². The van der Waals surface area contributed by atoms with Crippen LogP contribution in [0.25, 0.3) is 0 Å². The van der Waals surface area contributed by atoms with Gasteiger partial charge in [0, 0.05) is 11.4 Å². The van der Waals surface area contributed by atoms with Gasteiger partial charge in [-0.3, -0.25) is 0 Å². The van der Waals surface area contributed by atoms with Crippen molar-refractivity contribution in [1.82, 2.24) is 10.2 Å². The van der Waals surface area contributed by atoms with E-state index in [1.54, 1.807) is 19.2 Å². The molecule has 0 atom stereocenters. The molecule has 0 bridgehead atoms. The van der Waals surface area contributed by atoms with Gasteiger partial charge < -0.3 is 14.8 Å². The zero-order valence-corrected chi connectivity index (χ0v) is 15.7. The van der Waals surface area contributed by atoms with Gasteiger partial charge in [-0.25, -0.2) is 4.79 Å². The van der Waals surface area contributed by atoms with Crippen molar-refractivity contribution in [3.63, 3.8) is 0 Å². The Hall–Kier alpha value is -2.58. The minimum Gasteiger partial charge on any atom is -0.497 e. The van der Waals surface area contributed by atoms with Crippen molar-refractivity contribution in [1.29, 1.82) is 0 Å². The second kappa shape index (κ2) is 9.21. The van der Waals surface area contributed by atoms with Crippen LogP contribution in [0.3, 0.4) is 0 Å². The number of anilines is 2. The third-order valence-corrected chi connectivity index (χ3v) is 5.24. The van der Waals surface area contributed by atoms with Crippen molar-refractivity contribution >= 4 is 39.9 Å². The molecule has 1 N–H and O–H groups in total. The summed E-state index contributed by atoms with van der Waals surface area (Å²) >= 11 is 2.95. The number of methoxy groups -OCH3 is 1. The van der Waals surface area contributed by atoms with Crippen LogP contribution in [-0.4, -0.2) is 35.6 Å². The average molecular weight is 387 g/mol. The molecule has 0 aliphatic carbocycles. The third kappa shape index (κ3) is 5.21. The second-order valence-corrected chi connectivity index (χ2v) is 7.40. The van der Waals surface area contributed by atoms with Crippen molar-refractivity contribution in [2.75, 3.05) is 24.8 Å². The van der Waals surface area contributed by atoms with Gasteiger partial charge in [-0.05, 0) is 36.4 Å². The predicted octanol–water partition coefficient (Wildman–Crippen LogP) is 4.24. The van der Waals surface area contributed by atoms with Crippen LogP contribution < -0.4 is 10.1 Å². The first-order chi connectivity index (χ1) is 12.7. The highest BCUT2D eigenvalue weighted by Gasteiger charge is 2.08. The Morgan fingerprint density at radius 2 is 1.88 bits per heavy atom. The number of thioether (sulfide) groups is 1. The fourth-order valence-corrected chi connectivity index (χ4v) is 3.70. The van der Waals surface area contributed by atoms with Gasteiger partial charge in [0.1, 0.15) is 12.4 Å². The molecule has 0 aliphatic rings. The molecular formula is C18H17N3O3S2. The van der Waals surface area contributed by atoms with Crippen LogP contribution in [0.1, 0.15) is 10.4 Å². The predicted molar refractivity (Wildman–Crippen MR) is 104 cm³/mol. The van der Waals surface area contributed by atoms with Gasteiger partial charge in [-0.1, -0.05) is 41.3 Å². The number of carbonyl (C=O) groups excluding carboxylic acids is 1. The summed E-state index contributed by atoms with van der Waals surface area (Å²) in [7, 11) is 1.63. The SMILES string of the molecule is COc1ccc(Nc2nnc(SCCOC(=O)c3ccccc3)s2)cc1. The lowest BCUT2D eigenvalue weighted by Crippen LogP contribution is -2.07. The molecule has 0 radical (unpaired) electrons. The first-order valence-corrected chi connectivity index (χ1v) is 9.64. The molecule has 0 amide bonds. The van der Waals surface area contributed by atoms with Gasteiger partial charge in [0.25, 0.3) is 0 Å². The Morgan fingerprint density at radius 3 is 2.62 bits per heavy atom. The maximum Gasteiger partial charge on any atom is 0.338 e. The van der Waals surface area contributed by atoms with Crippen LogP contribution in [0.15, 0.2) is 58.9 Å². The largest absolute Gasteiger partial charge is 0.497 e. The fraction of sp³-hybridized carbons (Fsp3) is 0.167. The van der Waals surface area contributed by atoms with Crippen molar-refractivity contribution in [3.8, 4) is 5.75 Å². The lowest BCUT2D eigenvalue weighted by molar-refractivity contribution is 0.0530. The number of hydrogen-bond donors (Lipinski definition) is 1. The number of nitrogens with zero attached hydrogens (tertiary/aromatic N) is 2. The molecule has 134 valence electrons. The minimum absolute atomic E-state index is 0.315. The number of nitrogens with one attached hydrogen (secondary N) is 1.